The number of anilines is 2. The molecule has 0 atom stereocenters. The van der Waals surface area contributed by atoms with Crippen molar-refractivity contribution in [1.82, 2.24) is 0 Å². The van der Waals surface area contributed by atoms with Gasteiger partial charge in [0.15, 0.2) is 0 Å². The Morgan fingerprint density at radius 3 is 2.70 bits per heavy atom. The zero-order chi connectivity index (χ0) is 21.9. The van der Waals surface area contributed by atoms with Crippen LogP contribution in [0.4, 0.5) is 11.4 Å². The molecule has 0 unspecified atom stereocenters. The number of allylic oxidation sites excluding steroid dienone is 1. The molecule has 0 saturated carbocycles. The molecule has 1 aliphatic heterocycles. The molecular weight excluding hydrogens is 374 g/mol. The summed E-state index contributed by atoms with van der Waals surface area (Å²) in [5, 5.41) is 12.3. The number of nitrogens with zero attached hydrogens (tertiary/aromatic N) is 2. The van der Waals surface area contributed by atoms with Gasteiger partial charge >= 0.3 is 0 Å². The van der Waals surface area contributed by atoms with Crippen molar-refractivity contribution in [3.05, 3.63) is 65.2 Å². The van der Waals surface area contributed by atoms with Gasteiger partial charge in [0.05, 0.1) is 12.6 Å². The van der Waals surface area contributed by atoms with Crippen molar-refractivity contribution in [3.8, 4) is 11.8 Å². The lowest BCUT2D eigenvalue weighted by molar-refractivity contribution is -0.112. The minimum Gasteiger partial charge on any atom is -0.497 e. The van der Waals surface area contributed by atoms with Gasteiger partial charge in [-0.3, -0.25) is 4.79 Å². The zero-order valence-electron chi connectivity index (χ0n) is 18.1. The number of methoxy groups -OCH3 is 1. The number of nitrogens with one attached hydrogen (secondary N) is 1. The van der Waals surface area contributed by atoms with E-state index in [2.05, 4.69) is 50.1 Å². The number of carbonyl (C=O) groups is 1. The molecule has 5 nitrogen and oxygen atoms in total. The Hall–Kier alpha value is -3.52. The van der Waals surface area contributed by atoms with E-state index in [0.717, 1.165) is 17.7 Å². The second-order valence-corrected chi connectivity index (χ2v) is 7.86. The molecule has 30 heavy (non-hydrogen) atoms. The van der Waals surface area contributed by atoms with Crippen LogP contribution in [-0.4, -0.2) is 25.1 Å². The molecule has 154 valence electrons. The third-order valence-electron chi connectivity index (χ3n) is 5.32. The van der Waals surface area contributed by atoms with Crippen LogP contribution in [0.1, 0.15) is 38.8 Å². The smallest absolute Gasteiger partial charge is 0.266 e. The number of rotatable bonds is 5. The van der Waals surface area contributed by atoms with Gasteiger partial charge in [-0.1, -0.05) is 18.2 Å². The van der Waals surface area contributed by atoms with Crippen LogP contribution in [0, 0.1) is 11.3 Å². The lowest BCUT2D eigenvalue weighted by Crippen LogP contribution is -2.44. The highest BCUT2D eigenvalue weighted by Crippen LogP contribution is 2.39. The molecule has 3 rings (SSSR count). The lowest BCUT2D eigenvalue weighted by atomic mass is 9.88. The predicted molar refractivity (Wildman–Crippen MR) is 122 cm³/mol. The van der Waals surface area contributed by atoms with Crippen LogP contribution >= 0.6 is 0 Å². The third kappa shape index (κ3) is 4.23. The summed E-state index contributed by atoms with van der Waals surface area (Å²) in [6.45, 7) is 9.54. The number of nitriles is 1. The maximum Gasteiger partial charge on any atom is 0.266 e. The number of hydrogen-bond donors (Lipinski definition) is 1. The summed E-state index contributed by atoms with van der Waals surface area (Å²) in [5.74, 6) is 0.183. The quantitative estimate of drug-likeness (QED) is 0.548. The molecular formula is C25H27N3O2. The fourth-order valence-electron chi connectivity index (χ4n) is 3.98. The minimum atomic E-state index is -0.452. The average Bonchev–Trinajstić information content (AvgIpc) is 2.72. The third-order valence-corrected chi connectivity index (χ3v) is 5.32. The highest BCUT2D eigenvalue weighted by molar-refractivity contribution is 6.09. The van der Waals surface area contributed by atoms with Crippen molar-refractivity contribution in [3.63, 3.8) is 0 Å². The monoisotopic (exact) mass is 401 g/mol. The molecule has 0 fully saturated rings. The number of benzene rings is 2. The number of hydrogen-bond acceptors (Lipinski definition) is 4. The van der Waals surface area contributed by atoms with E-state index in [1.54, 1.807) is 37.5 Å². The van der Waals surface area contributed by atoms with Crippen molar-refractivity contribution in [2.24, 2.45) is 0 Å². The first-order chi connectivity index (χ1) is 14.3. The Bertz CT molecular complexity index is 1070. The summed E-state index contributed by atoms with van der Waals surface area (Å²) < 4.78 is 5.17. The molecule has 0 aromatic heterocycles. The van der Waals surface area contributed by atoms with Crippen molar-refractivity contribution in [1.29, 1.82) is 5.26 Å². The summed E-state index contributed by atoms with van der Waals surface area (Å²) >= 11 is 0. The Morgan fingerprint density at radius 2 is 2.03 bits per heavy atom. The first-order valence-electron chi connectivity index (χ1n) is 9.97. The number of amides is 1. The number of likely N-dealkylation sites (N-methyl/N-ethyl adjacent to an activating group) is 1. The van der Waals surface area contributed by atoms with Crippen LogP contribution in [-0.2, 0) is 4.79 Å². The summed E-state index contributed by atoms with van der Waals surface area (Å²) in [6, 6.07) is 15.1. The van der Waals surface area contributed by atoms with Crippen molar-refractivity contribution < 1.29 is 9.53 Å². The van der Waals surface area contributed by atoms with Crippen molar-refractivity contribution in [2.45, 2.75) is 33.2 Å². The van der Waals surface area contributed by atoms with Crippen molar-refractivity contribution in [2.75, 3.05) is 23.9 Å². The molecule has 1 aliphatic rings. The van der Waals surface area contributed by atoms with Gasteiger partial charge in [0.2, 0.25) is 0 Å². The molecule has 0 spiro atoms. The Balaban J connectivity index is 1.91. The zero-order valence-corrected chi connectivity index (χ0v) is 18.1. The Labute approximate surface area is 178 Å². The molecule has 0 bridgehead atoms. The van der Waals surface area contributed by atoms with Gasteiger partial charge in [-0.05, 0) is 69.2 Å². The summed E-state index contributed by atoms with van der Waals surface area (Å²) in [5.41, 5.74) is 4.85. The summed E-state index contributed by atoms with van der Waals surface area (Å²) in [7, 11) is 1.56. The van der Waals surface area contributed by atoms with Crippen LogP contribution in [0.3, 0.4) is 0 Å². The highest BCUT2D eigenvalue weighted by atomic mass is 16.5. The fourth-order valence-corrected chi connectivity index (χ4v) is 3.98. The normalized spacial score (nSPS) is 15.0. The van der Waals surface area contributed by atoms with Crippen LogP contribution in [0.5, 0.6) is 5.75 Å². The minimum absolute atomic E-state index is 0.0443. The van der Waals surface area contributed by atoms with E-state index in [1.165, 1.54) is 11.3 Å². The van der Waals surface area contributed by atoms with Gasteiger partial charge in [-0.2, -0.15) is 5.26 Å². The predicted octanol–water partition coefficient (Wildman–Crippen LogP) is 5.26. The van der Waals surface area contributed by atoms with Crippen LogP contribution in [0.2, 0.25) is 0 Å². The Kier molecular flexibility index (Phi) is 5.98. The van der Waals surface area contributed by atoms with E-state index in [4.69, 9.17) is 4.74 Å². The molecule has 2 aromatic rings. The first-order valence-corrected chi connectivity index (χ1v) is 9.97. The second-order valence-electron chi connectivity index (χ2n) is 7.86. The molecule has 0 saturated heterocycles. The van der Waals surface area contributed by atoms with Crippen molar-refractivity contribution >= 4 is 28.9 Å². The average molecular weight is 402 g/mol. The Morgan fingerprint density at radius 1 is 1.27 bits per heavy atom. The molecule has 0 radical (unpaired) electrons. The van der Waals surface area contributed by atoms with E-state index < -0.39 is 5.91 Å². The highest BCUT2D eigenvalue weighted by Gasteiger charge is 2.30. The molecule has 1 heterocycles. The maximum atomic E-state index is 12.6. The molecule has 1 amide bonds. The van der Waals surface area contributed by atoms with Crippen LogP contribution in [0.25, 0.3) is 11.6 Å². The van der Waals surface area contributed by atoms with Gasteiger partial charge < -0.3 is 15.0 Å². The van der Waals surface area contributed by atoms with E-state index in [-0.39, 0.29) is 11.1 Å². The van der Waals surface area contributed by atoms with Gasteiger partial charge in [0, 0.05) is 29.5 Å². The molecule has 5 heteroatoms. The van der Waals surface area contributed by atoms with Gasteiger partial charge in [-0.15, -0.1) is 0 Å². The first kappa shape index (κ1) is 21.2. The number of carbonyl (C=O) groups excluding carboxylic acids is 1. The van der Waals surface area contributed by atoms with E-state index in [9.17, 15) is 10.1 Å². The molecule has 1 N–H and O–H groups in total. The standard InChI is InChI=1S/C25H27N3O2/c1-6-28-23-11-10-18(13-22(23)17(2)15-25(28,3)4)12-19(16-26)24(29)27-20-8-7-9-21(14-20)30-5/h7-15H,6H2,1-5H3,(H,27,29)/b19-12-. The lowest BCUT2D eigenvalue weighted by Gasteiger charge is -2.42. The van der Waals surface area contributed by atoms with Gasteiger partial charge in [-0.25, -0.2) is 0 Å². The molecule has 0 aliphatic carbocycles. The van der Waals surface area contributed by atoms with E-state index in [0.29, 0.717) is 11.4 Å². The second kappa shape index (κ2) is 8.46. The van der Waals surface area contributed by atoms with Gasteiger partial charge in [0.25, 0.3) is 5.91 Å². The summed E-state index contributed by atoms with van der Waals surface area (Å²) in [6.07, 6.45) is 3.88. The van der Waals surface area contributed by atoms with E-state index in [1.807, 2.05) is 18.2 Å². The SMILES string of the molecule is CCN1c2ccc(/C=C(/C#N)C(=O)Nc3cccc(OC)c3)cc2C(C)=CC1(C)C. The van der Waals surface area contributed by atoms with Crippen LogP contribution < -0.4 is 15.0 Å². The largest absolute Gasteiger partial charge is 0.497 e. The fraction of sp³-hybridized carbons (Fsp3) is 0.280. The summed E-state index contributed by atoms with van der Waals surface area (Å²) in [4.78, 5) is 15.0. The molecule has 2 aromatic carbocycles. The maximum absolute atomic E-state index is 12.6. The topological polar surface area (TPSA) is 65.4 Å². The number of ether oxygens (including phenoxy) is 1. The van der Waals surface area contributed by atoms with Gasteiger partial charge in [0.1, 0.15) is 17.4 Å². The number of fused-ring (bicyclic) bond motifs is 1. The van der Waals surface area contributed by atoms with E-state index >= 15 is 0 Å². The van der Waals surface area contributed by atoms with Crippen LogP contribution in [0.15, 0.2) is 54.1 Å².